The molecule has 22 heavy (non-hydrogen) atoms. The summed E-state index contributed by atoms with van der Waals surface area (Å²) < 4.78 is 5.17. The lowest BCUT2D eigenvalue weighted by atomic mass is 10.1. The molecule has 1 amide bonds. The van der Waals surface area contributed by atoms with E-state index in [4.69, 9.17) is 10.5 Å². The van der Waals surface area contributed by atoms with Crippen LogP contribution in [0.15, 0.2) is 24.3 Å². The zero-order valence-electron chi connectivity index (χ0n) is 13.3. The number of amides is 1. The molecule has 0 radical (unpaired) electrons. The SMILES string of the molecule is CC(C)(C)OC(=O)CCCNC(=O)[C@H](N)c1ccc(O)cc1. The highest BCUT2D eigenvalue weighted by Gasteiger charge is 2.17. The third-order valence-electron chi connectivity index (χ3n) is 2.81. The molecule has 0 fully saturated rings. The van der Waals surface area contributed by atoms with E-state index in [0.29, 0.717) is 18.5 Å². The number of benzene rings is 1. The van der Waals surface area contributed by atoms with Gasteiger partial charge in [0.15, 0.2) is 0 Å². The summed E-state index contributed by atoms with van der Waals surface area (Å²) in [6.07, 6.45) is 0.731. The first-order chi connectivity index (χ1) is 10.2. The minimum absolute atomic E-state index is 0.119. The smallest absolute Gasteiger partial charge is 0.306 e. The Morgan fingerprint density at radius 2 is 1.86 bits per heavy atom. The van der Waals surface area contributed by atoms with E-state index in [2.05, 4.69) is 5.32 Å². The molecule has 1 atom stereocenters. The Morgan fingerprint density at radius 3 is 2.41 bits per heavy atom. The molecular formula is C16H24N2O4. The lowest BCUT2D eigenvalue weighted by Crippen LogP contribution is -2.35. The number of aromatic hydroxyl groups is 1. The van der Waals surface area contributed by atoms with E-state index in [1.807, 2.05) is 20.8 Å². The molecule has 122 valence electrons. The Hall–Kier alpha value is -2.08. The number of phenols is 1. The molecule has 0 aliphatic carbocycles. The van der Waals surface area contributed by atoms with Crippen molar-refractivity contribution in [1.82, 2.24) is 5.32 Å². The highest BCUT2D eigenvalue weighted by molar-refractivity contribution is 5.83. The predicted molar refractivity (Wildman–Crippen MR) is 83.1 cm³/mol. The van der Waals surface area contributed by atoms with Gasteiger partial charge in [-0.1, -0.05) is 12.1 Å². The van der Waals surface area contributed by atoms with Crippen LogP contribution >= 0.6 is 0 Å². The lowest BCUT2D eigenvalue weighted by molar-refractivity contribution is -0.155. The van der Waals surface area contributed by atoms with Gasteiger partial charge in [-0.15, -0.1) is 0 Å². The molecule has 6 heteroatoms. The van der Waals surface area contributed by atoms with E-state index in [-0.39, 0.29) is 24.0 Å². The van der Waals surface area contributed by atoms with Gasteiger partial charge < -0.3 is 20.9 Å². The van der Waals surface area contributed by atoms with Gasteiger partial charge in [0.25, 0.3) is 0 Å². The summed E-state index contributed by atoms with van der Waals surface area (Å²) in [5.74, 6) is -0.492. The molecular weight excluding hydrogens is 284 g/mol. The molecule has 0 bridgehead atoms. The zero-order chi connectivity index (χ0) is 16.8. The van der Waals surface area contributed by atoms with Crippen LogP contribution in [0, 0.1) is 0 Å². The monoisotopic (exact) mass is 308 g/mol. The molecule has 4 N–H and O–H groups in total. The summed E-state index contributed by atoms with van der Waals surface area (Å²) in [7, 11) is 0. The van der Waals surface area contributed by atoms with Crippen LogP contribution in [0.5, 0.6) is 5.75 Å². The number of esters is 1. The van der Waals surface area contributed by atoms with Crippen molar-refractivity contribution in [3.05, 3.63) is 29.8 Å². The number of ether oxygens (including phenoxy) is 1. The standard InChI is InChI=1S/C16H24N2O4/c1-16(2,3)22-13(20)5-4-10-18-15(21)14(17)11-6-8-12(19)9-7-11/h6-9,14,19H,4-5,10,17H2,1-3H3,(H,18,21)/t14-/m1/s1. The van der Waals surface area contributed by atoms with Crippen molar-refractivity contribution < 1.29 is 19.4 Å². The molecule has 1 aromatic carbocycles. The van der Waals surface area contributed by atoms with E-state index in [9.17, 15) is 14.7 Å². The van der Waals surface area contributed by atoms with Crippen LogP contribution in [0.3, 0.4) is 0 Å². The van der Waals surface area contributed by atoms with Gasteiger partial charge in [-0.05, 0) is 44.9 Å². The molecule has 0 spiro atoms. The molecule has 0 aliphatic rings. The molecule has 6 nitrogen and oxygen atoms in total. The number of carbonyl (C=O) groups is 2. The van der Waals surface area contributed by atoms with Crippen molar-refractivity contribution in [2.24, 2.45) is 5.73 Å². The summed E-state index contributed by atoms with van der Waals surface area (Å²) >= 11 is 0. The average molecular weight is 308 g/mol. The highest BCUT2D eigenvalue weighted by atomic mass is 16.6. The third-order valence-corrected chi connectivity index (χ3v) is 2.81. The highest BCUT2D eigenvalue weighted by Crippen LogP contribution is 2.15. The fraction of sp³-hybridized carbons (Fsp3) is 0.500. The summed E-state index contributed by atoms with van der Waals surface area (Å²) in [5.41, 5.74) is 5.94. The van der Waals surface area contributed by atoms with Crippen molar-refractivity contribution in [1.29, 1.82) is 0 Å². The molecule has 0 saturated heterocycles. The van der Waals surface area contributed by atoms with Crippen LogP contribution in [-0.2, 0) is 14.3 Å². The lowest BCUT2D eigenvalue weighted by Gasteiger charge is -2.19. The number of rotatable bonds is 6. The normalized spacial score (nSPS) is 12.5. The van der Waals surface area contributed by atoms with E-state index >= 15 is 0 Å². The van der Waals surface area contributed by atoms with Crippen molar-refractivity contribution in [3.8, 4) is 5.75 Å². The third kappa shape index (κ3) is 6.58. The number of phenolic OH excluding ortho intramolecular Hbond substituents is 1. The van der Waals surface area contributed by atoms with Crippen LogP contribution in [0.1, 0.15) is 45.2 Å². The fourth-order valence-corrected chi connectivity index (χ4v) is 1.78. The summed E-state index contributed by atoms with van der Waals surface area (Å²) in [4.78, 5) is 23.4. The number of carbonyl (C=O) groups excluding carboxylic acids is 2. The fourth-order valence-electron chi connectivity index (χ4n) is 1.78. The largest absolute Gasteiger partial charge is 0.508 e. The summed E-state index contributed by atoms with van der Waals surface area (Å²) in [6, 6.07) is 5.35. The van der Waals surface area contributed by atoms with Crippen LogP contribution in [0.4, 0.5) is 0 Å². The van der Waals surface area contributed by atoms with E-state index in [0.717, 1.165) is 0 Å². The van der Waals surface area contributed by atoms with Gasteiger partial charge in [0, 0.05) is 13.0 Å². The van der Waals surface area contributed by atoms with Gasteiger partial charge in [-0.2, -0.15) is 0 Å². The number of hydrogen-bond donors (Lipinski definition) is 3. The molecule has 0 aromatic heterocycles. The molecule has 1 aromatic rings. The molecule has 0 heterocycles. The second-order valence-electron chi connectivity index (χ2n) is 6.05. The van der Waals surface area contributed by atoms with E-state index < -0.39 is 11.6 Å². The number of nitrogens with two attached hydrogens (primary N) is 1. The van der Waals surface area contributed by atoms with Crippen molar-refractivity contribution in [2.45, 2.75) is 45.3 Å². The maximum atomic E-state index is 11.9. The minimum Gasteiger partial charge on any atom is -0.508 e. The Balaban J connectivity index is 2.31. The van der Waals surface area contributed by atoms with Gasteiger partial charge >= 0.3 is 5.97 Å². The Labute approximate surface area is 130 Å². The van der Waals surface area contributed by atoms with Crippen molar-refractivity contribution >= 4 is 11.9 Å². The second kappa shape index (κ2) is 7.79. The summed E-state index contributed by atoms with van der Waals surface area (Å²) in [5, 5.41) is 11.9. The summed E-state index contributed by atoms with van der Waals surface area (Å²) in [6.45, 7) is 5.78. The predicted octanol–water partition coefficient (Wildman–Crippen LogP) is 1.63. The van der Waals surface area contributed by atoms with Crippen molar-refractivity contribution in [3.63, 3.8) is 0 Å². The van der Waals surface area contributed by atoms with Gasteiger partial charge in [0.2, 0.25) is 5.91 Å². The van der Waals surface area contributed by atoms with Gasteiger partial charge in [0.1, 0.15) is 17.4 Å². The minimum atomic E-state index is -0.804. The van der Waals surface area contributed by atoms with Gasteiger partial charge in [-0.3, -0.25) is 9.59 Å². The zero-order valence-corrected chi connectivity index (χ0v) is 13.3. The molecule has 1 rings (SSSR count). The second-order valence-corrected chi connectivity index (χ2v) is 6.05. The first kappa shape index (κ1) is 18.0. The Morgan fingerprint density at radius 1 is 1.27 bits per heavy atom. The van der Waals surface area contributed by atoms with Crippen LogP contribution in [-0.4, -0.2) is 29.1 Å². The van der Waals surface area contributed by atoms with Crippen LogP contribution in [0.2, 0.25) is 0 Å². The van der Waals surface area contributed by atoms with E-state index in [1.165, 1.54) is 12.1 Å². The topological polar surface area (TPSA) is 102 Å². The molecule has 0 saturated carbocycles. The maximum Gasteiger partial charge on any atom is 0.306 e. The van der Waals surface area contributed by atoms with E-state index in [1.54, 1.807) is 12.1 Å². The average Bonchev–Trinajstić information content (AvgIpc) is 2.41. The molecule has 0 aliphatic heterocycles. The van der Waals surface area contributed by atoms with Gasteiger partial charge in [0.05, 0.1) is 0 Å². The van der Waals surface area contributed by atoms with Crippen LogP contribution in [0.25, 0.3) is 0 Å². The van der Waals surface area contributed by atoms with Crippen molar-refractivity contribution in [2.75, 3.05) is 6.54 Å². The first-order valence-corrected chi connectivity index (χ1v) is 7.23. The van der Waals surface area contributed by atoms with Crippen LogP contribution < -0.4 is 11.1 Å². The first-order valence-electron chi connectivity index (χ1n) is 7.23. The number of nitrogens with one attached hydrogen (secondary N) is 1. The maximum absolute atomic E-state index is 11.9. The Kier molecular flexibility index (Phi) is 6.37. The molecule has 0 unspecified atom stereocenters. The number of hydrogen-bond acceptors (Lipinski definition) is 5. The quantitative estimate of drug-likeness (QED) is 0.547. The Bertz CT molecular complexity index is 506. The van der Waals surface area contributed by atoms with Gasteiger partial charge in [-0.25, -0.2) is 0 Å².